The first-order chi connectivity index (χ1) is 7.81. The van der Waals surface area contributed by atoms with Crippen molar-refractivity contribution in [3.63, 3.8) is 0 Å². The summed E-state index contributed by atoms with van der Waals surface area (Å²) in [4.78, 5) is 4.42. The molecular formula is C12H18N2O2. The van der Waals surface area contributed by atoms with Gasteiger partial charge in [-0.1, -0.05) is 17.3 Å². The van der Waals surface area contributed by atoms with Crippen LogP contribution >= 0.6 is 0 Å². The van der Waals surface area contributed by atoms with Crippen LogP contribution < -0.4 is 0 Å². The molecule has 0 amide bonds. The molecule has 0 saturated heterocycles. The number of hydrogen-bond donors (Lipinski definition) is 0. The van der Waals surface area contributed by atoms with E-state index in [1.54, 1.807) is 0 Å². The fraction of sp³-hybridized carbons (Fsp3) is 0.667. The summed E-state index contributed by atoms with van der Waals surface area (Å²) < 4.78 is 10.7. The van der Waals surface area contributed by atoms with Crippen molar-refractivity contribution >= 4 is 0 Å². The third-order valence-corrected chi connectivity index (χ3v) is 2.86. The summed E-state index contributed by atoms with van der Waals surface area (Å²) in [6, 6.07) is 0. The van der Waals surface area contributed by atoms with Crippen LogP contribution in [0.5, 0.6) is 0 Å². The zero-order chi connectivity index (χ0) is 11.4. The Bertz CT molecular complexity index is 360. The Kier molecular flexibility index (Phi) is 3.72. The summed E-state index contributed by atoms with van der Waals surface area (Å²) in [5, 5.41) is 3.97. The number of hydrogen-bond acceptors (Lipinski definition) is 4. The highest BCUT2D eigenvalue weighted by molar-refractivity contribution is 5.03. The average Bonchev–Trinajstić information content (AvgIpc) is 2.80. The van der Waals surface area contributed by atoms with Crippen LogP contribution in [-0.2, 0) is 4.74 Å². The molecule has 4 heteroatoms. The number of aromatic nitrogens is 2. The second-order valence-electron chi connectivity index (χ2n) is 4.07. The van der Waals surface area contributed by atoms with Crippen molar-refractivity contribution in [2.75, 3.05) is 6.61 Å². The molecule has 0 spiro atoms. The molecule has 2 atom stereocenters. The van der Waals surface area contributed by atoms with Crippen LogP contribution in [0, 0.1) is 0 Å². The van der Waals surface area contributed by atoms with E-state index in [0.717, 1.165) is 25.2 Å². The van der Waals surface area contributed by atoms with Gasteiger partial charge in [0.05, 0.1) is 0 Å². The first-order valence-electron chi connectivity index (χ1n) is 5.91. The molecule has 2 rings (SSSR count). The number of rotatable bonds is 4. The summed E-state index contributed by atoms with van der Waals surface area (Å²) in [7, 11) is 0. The first-order valence-corrected chi connectivity index (χ1v) is 5.91. The molecular weight excluding hydrogens is 204 g/mol. The van der Waals surface area contributed by atoms with E-state index in [9.17, 15) is 0 Å². The van der Waals surface area contributed by atoms with Gasteiger partial charge in [-0.2, -0.15) is 4.98 Å². The molecule has 1 aliphatic rings. The zero-order valence-corrected chi connectivity index (χ0v) is 9.85. The fourth-order valence-electron chi connectivity index (χ4n) is 1.92. The molecule has 0 N–H and O–H groups in total. The van der Waals surface area contributed by atoms with Gasteiger partial charge in [0.15, 0.2) is 5.82 Å². The molecule has 2 unspecified atom stereocenters. The van der Waals surface area contributed by atoms with E-state index >= 15 is 0 Å². The minimum atomic E-state index is -0.0818. The average molecular weight is 222 g/mol. The Balaban J connectivity index is 2.03. The molecule has 1 aliphatic carbocycles. The van der Waals surface area contributed by atoms with Gasteiger partial charge < -0.3 is 9.26 Å². The maximum Gasteiger partial charge on any atom is 0.230 e. The van der Waals surface area contributed by atoms with Crippen LogP contribution in [0.25, 0.3) is 0 Å². The van der Waals surface area contributed by atoms with Gasteiger partial charge in [-0.05, 0) is 33.1 Å². The Labute approximate surface area is 95.7 Å². The van der Waals surface area contributed by atoms with Gasteiger partial charge in [0.25, 0.3) is 0 Å². The smallest absolute Gasteiger partial charge is 0.230 e. The monoisotopic (exact) mass is 222 g/mol. The van der Waals surface area contributed by atoms with E-state index in [4.69, 9.17) is 9.26 Å². The molecule has 0 saturated carbocycles. The highest BCUT2D eigenvalue weighted by atomic mass is 16.5. The lowest BCUT2D eigenvalue weighted by Crippen LogP contribution is -2.04. The van der Waals surface area contributed by atoms with Crippen LogP contribution in [0.4, 0.5) is 0 Å². The van der Waals surface area contributed by atoms with E-state index in [1.807, 2.05) is 13.8 Å². The molecule has 0 aliphatic heterocycles. The van der Waals surface area contributed by atoms with Crippen LogP contribution in [0.15, 0.2) is 16.7 Å². The molecule has 1 aromatic heterocycles. The fourth-order valence-corrected chi connectivity index (χ4v) is 1.92. The second kappa shape index (κ2) is 5.25. The topological polar surface area (TPSA) is 48.2 Å². The Morgan fingerprint density at radius 1 is 1.56 bits per heavy atom. The largest absolute Gasteiger partial charge is 0.371 e. The SMILES string of the molecule is CCOC(C)c1noc(C2CC=CCC2)n1. The lowest BCUT2D eigenvalue weighted by Gasteiger charge is -2.12. The third-order valence-electron chi connectivity index (χ3n) is 2.86. The molecule has 4 nitrogen and oxygen atoms in total. The third kappa shape index (κ3) is 2.50. The minimum Gasteiger partial charge on any atom is -0.371 e. The van der Waals surface area contributed by atoms with Crippen molar-refractivity contribution in [1.29, 1.82) is 0 Å². The van der Waals surface area contributed by atoms with Gasteiger partial charge in [-0.15, -0.1) is 0 Å². The van der Waals surface area contributed by atoms with E-state index in [0.29, 0.717) is 18.3 Å². The zero-order valence-electron chi connectivity index (χ0n) is 9.85. The Hall–Kier alpha value is -1.16. The maximum absolute atomic E-state index is 5.43. The maximum atomic E-state index is 5.43. The van der Waals surface area contributed by atoms with Gasteiger partial charge in [0.2, 0.25) is 5.89 Å². The van der Waals surface area contributed by atoms with Crippen molar-refractivity contribution in [2.45, 2.75) is 45.1 Å². The number of ether oxygens (including phenoxy) is 1. The van der Waals surface area contributed by atoms with E-state index in [-0.39, 0.29) is 6.10 Å². The molecule has 0 bridgehead atoms. The molecule has 0 fully saturated rings. The molecule has 1 heterocycles. The van der Waals surface area contributed by atoms with Crippen molar-refractivity contribution < 1.29 is 9.26 Å². The van der Waals surface area contributed by atoms with Crippen molar-refractivity contribution in [3.05, 3.63) is 23.9 Å². The number of allylic oxidation sites excluding steroid dienone is 2. The predicted octanol–water partition coefficient (Wildman–Crippen LogP) is 2.99. The van der Waals surface area contributed by atoms with Gasteiger partial charge in [0, 0.05) is 12.5 Å². The van der Waals surface area contributed by atoms with Crippen molar-refractivity contribution in [1.82, 2.24) is 10.1 Å². The molecule has 1 aromatic rings. The molecule has 0 radical (unpaired) electrons. The quantitative estimate of drug-likeness (QED) is 0.735. The molecule has 16 heavy (non-hydrogen) atoms. The van der Waals surface area contributed by atoms with Gasteiger partial charge in [-0.25, -0.2) is 0 Å². The van der Waals surface area contributed by atoms with E-state index < -0.39 is 0 Å². The predicted molar refractivity (Wildman–Crippen MR) is 60.1 cm³/mol. The lowest BCUT2D eigenvalue weighted by molar-refractivity contribution is 0.0683. The van der Waals surface area contributed by atoms with Crippen molar-refractivity contribution in [3.8, 4) is 0 Å². The summed E-state index contributed by atoms with van der Waals surface area (Å²) in [5.41, 5.74) is 0. The Morgan fingerprint density at radius 2 is 2.44 bits per heavy atom. The first kappa shape index (κ1) is 11.3. The van der Waals surface area contributed by atoms with Gasteiger partial charge in [-0.3, -0.25) is 0 Å². The van der Waals surface area contributed by atoms with E-state index in [2.05, 4.69) is 22.3 Å². The number of nitrogens with zero attached hydrogens (tertiary/aromatic N) is 2. The minimum absolute atomic E-state index is 0.0818. The lowest BCUT2D eigenvalue weighted by atomic mass is 9.94. The van der Waals surface area contributed by atoms with Crippen LogP contribution in [0.3, 0.4) is 0 Å². The molecule has 88 valence electrons. The highest BCUT2D eigenvalue weighted by Gasteiger charge is 2.21. The summed E-state index contributed by atoms with van der Waals surface area (Å²) in [6.07, 6.45) is 7.51. The van der Waals surface area contributed by atoms with Crippen LogP contribution in [0.2, 0.25) is 0 Å². The van der Waals surface area contributed by atoms with Crippen LogP contribution in [0.1, 0.15) is 56.8 Å². The summed E-state index contributed by atoms with van der Waals surface area (Å²) in [6.45, 7) is 4.57. The van der Waals surface area contributed by atoms with Gasteiger partial charge in [0.1, 0.15) is 6.10 Å². The van der Waals surface area contributed by atoms with Crippen LogP contribution in [-0.4, -0.2) is 16.7 Å². The van der Waals surface area contributed by atoms with Gasteiger partial charge >= 0.3 is 0 Å². The highest BCUT2D eigenvalue weighted by Crippen LogP contribution is 2.28. The summed E-state index contributed by atoms with van der Waals surface area (Å²) >= 11 is 0. The normalized spacial score (nSPS) is 22.2. The Morgan fingerprint density at radius 3 is 3.12 bits per heavy atom. The van der Waals surface area contributed by atoms with Crippen molar-refractivity contribution in [2.24, 2.45) is 0 Å². The standard InChI is InChI=1S/C12H18N2O2/c1-3-15-9(2)11-13-12(16-14-11)10-7-5-4-6-8-10/h4-5,9-10H,3,6-8H2,1-2H3. The molecule has 0 aromatic carbocycles. The second-order valence-corrected chi connectivity index (χ2v) is 4.07. The summed E-state index contributed by atoms with van der Waals surface area (Å²) in [5.74, 6) is 1.80. The van der Waals surface area contributed by atoms with E-state index in [1.165, 1.54) is 0 Å².